The Hall–Kier alpha value is -4.96. The first-order chi connectivity index (χ1) is 17.9. The van der Waals surface area contributed by atoms with Gasteiger partial charge in [0, 0.05) is 27.2 Å². The van der Waals surface area contributed by atoms with Crippen molar-refractivity contribution < 1.29 is 4.42 Å². The summed E-state index contributed by atoms with van der Waals surface area (Å²) in [4.78, 5) is 9.98. The van der Waals surface area contributed by atoms with Crippen LogP contribution in [0, 0.1) is 0 Å². The molecule has 0 atom stereocenters. The molecule has 0 aliphatic rings. The van der Waals surface area contributed by atoms with Crippen LogP contribution in [-0.2, 0) is 0 Å². The quantitative estimate of drug-likeness (QED) is 0.260. The first kappa shape index (κ1) is 19.4. The third kappa shape index (κ3) is 2.64. The van der Waals surface area contributed by atoms with E-state index in [9.17, 15) is 0 Å². The normalized spacial score (nSPS) is 11.9. The predicted molar refractivity (Wildman–Crippen MR) is 147 cm³/mol. The average molecular weight is 462 g/mol. The van der Waals surface area contributed by atoms with Gasteiger partial charge in [-0.1, -0.05) is 78.9 Å². The molecule has 0 unspecified atom stereocenters. The molecule has 0 saturated carbocycles. The Morgan fingerprint density at radius 2 is 1.33 bits per heavy atom. The molecule has 4 nitrogen and oxygen atoms in total. The third-order valence-electron chi connectivity index (χ3n) is 7.04. The van der Waals surface area contributed by atoms with Gasteiger partial charge in [-0.2, -0.15) is 0 Å². The summed E-state index contributed by atoms with van der Waals surface area (Å²) in [6, 6.07) is 37.5. The molecule has 8 rings (SSSR count). The van der Waals surface area contributed by atoms with Gasteiger partial charge in [-0.15, -0.1) is 0 Å². The summed E-state index contributed by atoms with van der Waals surface area (Å²) in [6.45, 7) is 0. The van der Waals surface area contributed by atoms with E-state index >= 15 is 0 Å². The molecule has 0 aliphatic carbocycles. The molecule has 3 heterocycles. The van der Waals surface area contributed by atoms with Gasteiger partial charge in [-0.25, -0.2) is 4.98 Å². The van der Waals surface area contributed by atoms with Crippen LogP contribution in [0.4, 0.5) is 0 Å². The van der Waals surface area contributed by atoms with Crippen LogP contribution < -0.4 is 0 Å². The Kier molecular flexibility index (Phi) is 3.91. The van der Waals surface area contributed by atoms with E-state index in [1.54, 1.807) is 0 Å². The van der Waals surface area contributed by atoms with Gasteiger partial charge in [0.15, 0.2) is 0 Å². The van der Waals surface area contributed by atoms with E-state index in [4.69, 9.17) is 14.4 Å². The topological polar surface area (TPSA) is 43.9 Å². The number of benzene rings is 5. The van der Waals surface area contributed by atoms with Gasteiger partial charge in [-0.3, -0.25) is 9.55 Å². The molecule has 0 spiro atoms. The van der Waals surface area contributed by atoms with Crippen LogP contribution in [0.15, 0.2) is 120 Å². The molecule has 0 N–H and O–H groups in total. The molecule has 8 aromatic rings. The van der Waals surface area contributed by atoms with E-state index in [0.717, 1.165) is 66.3 Å². The first-order valence-corrected chi connectivity index (χ1v) is 12.0. The molecule has 0 radical (unpaired) electrons. The van der Waals surface area contributed by atoms with Gasteiger partial charge in [0.2, 0.25) is 0 Å². The van der Waals surface area contributed by atoms with E-state index in [1.165, 1.54) is 5.39 Å². The molecular weight excluding hydrogens is 442 g/mol. The zero-order valence-electron chi connectivity index (χ0n) is 19.2. The van der Waals surface area contributed by atoms with Crippen LogP contribution in [0.5, 0.6) is 0 Å². The van der Waals surface area contributed by atoms with Crippen LogP contribution in [0.2, 0.25) is 0 Å². The minimum atomic E-state index is 0.836. The van der Waals surface area contributed by atoms with Crippen molar-refractivity contribution in [1.82, 2.24) is 14.5 Å². The van der Waals surface area contributed by atoms with Crippen LogP contribution in [0.25, 0.3) is 71.7 Å². The molecule has 0 aliphatic heterocycles. The van der Waals surface area contributed by atoms with E-state index in [0.29, 0.717) is 0 Å². The number of hydrogen-bond donors (Lipinski definition) is 0. The Bertz CT molecular complexity index is 2100. The monoisotopic (exact) mass is 461 g/mol. The third-order valence-corrected chi connectivity index (χ3v) is 7.04. The lowest BCUT2D eigenvalue weighted by atomic mass is 10.0. The Balaban J connectivity index is 1.52. The van der Waals surface area contributed by atoms with Crippen LogP contribution in [-0.4, -0.2) is 14.5 Å². The van der Waals surface area contributed by atoms with Crippen LogP contribution in [0.1, 0.15) is 0 Å². The maximum atomic E-state index is 6.66. The van der Waals surface area contributed by atoms with Crippen molar-refractivity contribution in [2.45, 2.75) is 0 Å². The highest BCUT2D eigenvalue weighted by Gasteiger charge is 2.21. The second kappa shape index (κ2) is 7.27. The number of aromatic nitrogens is 3. The van der Waals surface area contributed by atoms with Crippen molar-refractivity contribution in [2.75, 3.05) is 0 Å². The Morgan fingerprint density at radius 1 is 0.583 bits per heavy atom. The number of nitrogens with zero attached hydrogens (tertiary/aromatic N) is 3. The molecule has 0 bridgehead atoms. The first-order valence-electron chi connectivity index (χ1n) is 12.0. The lowest BCUT2D eigenvalue weighted by Gasteiger charge is -2.09. The van der Waals surface area contributed by atoms with E-state index in [1.807, 2.05) is 42.6 Å². The van der Waals surface area contributed by atoms with Gasteiger partial charge in [0.05, 0.1) is 22.8 Å². The van der Waals surface area contributed by atoms with E-state index in [2.05, 4.69) is 77.4 Å². The van der Waals surface area contributed by atoms with Gasteiger partial charge in [0.1, 0.15) is 22.5 Å². The summed E-state index contributed by atoms with van der Waals surface area (Å²) in [6.07, 6.45) is 1.92. The van der Waals surface area contributed by atoms with Gasteiger partial charge in [-0.05, 0) is 35.7 Å². The lowest BCUT2D eigenvalue weighted by Crippen LogP contribution is -1.97. The second-order valence-electron chi connectivity index (χ2n) is 9.06. The number of furan rings is 1. The van der Waals surface area contributed by atoms with Gasteiger partial charge >= 0.3 is 0 Å². The minimum absolute atomic E-state index is 0.836. The summed E-state index contributed by atoms with van der Waals surface area (Å²) in [5.41, 5.74) is 6.57. The molecule has 36 heavy (non-hydrogen) atoms. The Labute approximate surface area is 206 Å². The Morgan fingerprint density at radius 3 is 2.25 bits per heavy atom. The highest BCUT2D eigenvalue weighted by Crippen LogP contribution is 2.40. The zero-order chi connectivity index (χ0) is 23.6. The predicted octanol–water partition coefficient (Wildman–Crippen LogP) is 8.29. The van der Waals surface area contributed by atoms with Crippen molar-refractivity contribution in [1.29, 1.82) is 0 Å². The smallest absolute Gasteiger partial charge is 0.149 e. The highest BCUT2D eigenvalue weighted by molar-refractivity contribution is 6.17. The SMILES string of the molecule is c1ccc(-n2c(-c3cccc4c3oc3c5ccccc5ccc43)nc3c4ccccc4ncc32)cc1. The molecule has 0 fully saturated rings. The second-order valence-corrected chi connectivity index (χ2v) is 9.06. The number of imidazole rings is 1. The number of pyridine rings is 1. The van der Waals surface area contributed by atoms with Crippen molar-refractivity contribution >= 4 is 54.6 Å². The maximum absolute atomic E-state index is 6.66. The molecule has 168 valence electrons. The van der Waals surface area contributed by atoms with Crippen LogP contribution >= 0.6 is 0 Å². The molecule has 4 heteroatoms. The van der Waals surface area contributed by atoms with E-state index < -0.39 is 0 Å². The van der Waals surface area contributed by atoms with Gasteiger partial charge < -0.3 is 4.42 Å². The molecule has 5 aromatic carbocycles. The largest absolute Gasteiger partial charge is 0.455 e. The number of fused-ring (bicyclic) bond motifs is 8. The molecular formula is C32H19N3O. The highest BCUT2D eigenvalue weighted by atomic mass is 16.3. The summed E-state index contributed by atoms with van der Waals surface area (Å²) in [5.74, 6) is 0.836. The fraction of sp³-hybridized carbons (Fsp3) is 0. The lowest BCUT2D eigenvalue weighted by molar-refractivity contribution is 0.673. The van der Waals surface area contributed by atoms with Crippen molar-refractivity contribution in [3.63, 3.8) is 0 Å². The van der Waals surface area contributed by atoms with Crippen LogP contribution in [0.3, 0.4) is 0 Å². The van der Waals surface area contributed by atoms with Crippen molar-refractivity contribution in [2.24, 2.45) is 0 Å². The standard InChI is InChI=1S/C32H19N3O/c1-2-10-21(11-3-1)35-28-19-33-27-16-7-6-13-25(27)29(28)34-32(35)26-15-8-14-23-24-18-17-20-9-4-5-12-22(20)30(24)36-31(23)26/h1-19H. The maximum Gasteiger partial charge on any atom is 0.149 e. The van der Waals surface area contributed by atoms with Crippen molar-refractivity contribution in [3.8, 4) is 17.1 Å². The summed E-state index contributed by atoms with van der Waals surface area (Å²) in [5, 5.41) is 5.51. The molecule has 0 amide bonds. The zero-order valence-corrected chi connectivity index (χ0v) is 19.2. The molecule has 0 saturated heterocycles. The fourth-order valence-corrected chi connectivity index (χ4v) is 5.39. The summed E-state index contributed by atoms with van der Waals surface area (Å²) >= 11 is 0. The summed E-state index contributed by atoms with van der Waals surface area (Å²) < 4.78 is 8.85. The number of rotatable bonds is 2. The van der Waals surface area contributed by atoms with E-state index in [-0.39, 0.29) is 0 Å². The number of para-hydroxylation sites is 3. The minimum Gasteiger partial charge on any atom is -0.455 e. The molecule has 3 aromatic heterocycles. The fourth-order valence-electron chi connectivity index (χ4n) is 5.39. The van der Waals surface area contributed by atoms with Gasteiger partial charge in [0.25, 0.3) is 0 Å². The number of hydrogen-bond acceptors (Lipinski definition) is 3. The van der Waals surface area contributed by atoms with Crippen molar-refractivity contribution in [3.05, 3.63) is 115 Å². The summed E-state index contributed by atoms with van der Waals surface area (Å²) in [7, 11) is 0. The average Bonchev–Trinajstić information content (AvgIpc) is 3.53.